The largest absolute Gasteiger partial charge is 0.385 e. The lowest BCUT2D eigenvalue weighted by Gasteiger charge is -2.39. The minimum Gasteiger partial charge on any atom is -0.385 e. The third-order valence-electron chi connectivity index (χ3n) is 10.2. The van der Waals surface area contributed by atoms with Crippen molar-refractivity contribution in [2.75, 3.05) is 126 Å². The van der Waals surface area contributed by atoms with Crippen molar-refractivity contribution in [2.45, 2.75) is 78.6 Å². The van der Waals surface area contributed by atoms with Gasteiger partial charge in [0, 0.05) is 105 Å². The van der Waals surface area contributed by atoms with Gasteiger partial charge in [0.2, 0.25) is 17.7 Å². The molecule has 0 aromatic rings. The monoisotopic (exact) mass is 666 g/mol. The van der Waals surface area contributed by atoms with Crippen molar-refractivity contribution >= 4 is 17.7 Å². The van der Waals surface area contributed by atoms with Gasteiger partial charge in [-0.15, -0.1) is 0 Å². The van der Waals surface area contributed by atoms with E-state index in [0.29, 0.717) is 24.7 Å². The van der Waals surface area contributed by atoms with Gasteiger partial charge in [-0.2, -0.15) is 0 Å². The number of hydrogen-bond donors (Lipinski definition) is 1. The Bertz CT molecular complexity index is 846. The van der Waals surface area contributed by atoms with Crippen LogP contribution in [0.4, 0.5) is 0 Å². The number of nitrogens with zero attached hydrogens (tertiary/aromatic N) is 6. The Morgan fingerprint density at radius 1 is 0.681 bits per heavy atom. The summed E-state index contributed by atoms with van der Waals surface area (Å²) < 4.78 is 4.99. The standard InChI is InChI=1S/C20H37N5O2.C14H28N2O2.C2H6/c1-18(26)24-13-9-22(10-14-24)8-5-20(27)25-15-11-23(12-16-25)17-19-3-6-21(2)7-4-19;1-16-9-6-13(7-10-16)12-14(17)15-8-4-3-5-11-18-2;1-2/h19H,3-17H2,1-2H3;13H,3-12H2,1-2H3,(H,15,17);1-2H3. The van der Waals surface area contributed by atoms with E-state index in [1.807, 2.05) is 18.7 Å². The molecule has 0 spiro atoms. The number of ether oxygens (including phenoxy) is 1. The van der Waals surface area contributed by atoms with Crippen LogP contribution in [0.15, 0.2) is 0 Å². The van der Waals surface area contributed by atoms with Crippen molar-refractivity contribution in [3.05, 3.63) is 0 Å². The number of likely N-dealkylation sites (tertiary alicyclic amines) is 2. The Morgan fingerprint density at radius 2 is 1.21 bits per heavy atom. The zero-order chi connectivity index (χ0) is 34.4. The number of nitrogens with one attached hydrogen (secondary N) is 1. The lowest BCUT2D eigenvalue weighted by molar-refractivity contribution is -0.134. The second-order valence-corrected chi connectivity index (χ2v) is 13.9. The van der Waals surface area contributed by atoms with E-state index >= 15 is 0 Å². The van der Waals surface area contributed by atoms with Crippen molar-refractivity contribution in [3.8, 4) is 0 Å². The fraction of sp³-hybridized carbons (Fsp3) is 0.917. The smallest absolute Gasteiger partial charge is 0.223 e. The molecule has 0 radical (unpaired) electrons. The Balaban J connectivity index is 0.000000335. The molecule has 11 nitrogen and oxygen atoms in total. The van der Waals surface area contributed by atoms with Gasteiger partial charge in [-0.25, -0.2) is 0 Å². The summed E-state index contributed by atoms with van der Waals surface area (Å²) in [6.07, 6.45) is 9.54. The van der Waals surface area contributed by atoms with Crippen LogP contribution in [-0.2, 0) is 19.1 Å². The zero-order valence-electron chi connectivity index (χ0n) is 31.1. The minimum atomic E-state index is 0.156. The maximum atomic E-state index is 12.6. The summed E-state index contributed by atoms with van der Waals surface area (Å²) in [6, 6.07) is 0. The summed E-state index contributed by atoms with van der Waals surface area (Å²) in [6.45, 7) is 21.2. The van der Waals surface area contributed by atoms with E-state index in [0.717, 1.165) is 123 Å². The lowest BCUT2D eigenvalue weighted by Crippen LogP contribution is -2.51. The summed E-state index contributed by atoms with van der Waals surface area (Å²) in [4.78, 5) is 49.2. The summed E-state index contributed by atoms with van der Waals surface area (Å²) in [5, 5.41) is 3.02. The van der Waals surface area contributed by atoms with Crippen molar-refractivity contribution in [3.63, 3.8) is 0 Å². The van der Waals surface area contributed by atoms with Crippen LogP contribution in [0, 0.1) is 11.8 Å². The van der Waals surface area contributed by atoms with Gasteiger partial charge < -0.3 is 29.7 Å². The number of methoxy groups -OCH3 is 1. The first-order chi connectivity index (χ1) is 22.7. The fourth-order valence-corrected chi connectivity index (χ4v) is 6.86. The molecule has 4 rings (SSSR count). The van der Waals surface area contributed by atoms with E-state index in [-0.39, 0.29) is 11.8 Å². The lowest BCUT2D eigenvalue weighted by atomic mass is 9.93. The first-order valence-corrected chi connectivity index (χ1v) is 18.8. The highest BCUT2D eigenvalue weighted by atomic mass is 16.5. The number of amides is 3. The maximum absolute atomic E-state index is 12.6. The van der Waals surface area contributed by atoms with E-state index in [9.17, 15) is 14.4 Å². The maximum Gasteiger partial charge on any atom is 0.223 e. The first-order valence-electron chi connectivity index (χ1n) is 18.8. The van der Waals surface area contributed by atoms with Crippen molar-refractivity contribution in [2.24, 2.45) is 11.8 Å². The van der Waals surface area contributed by atoms with Crippen LogP contribution < -0.4 is 5.32 Å². The van der Waals surface area contributed by atoms with Gasteiger partial charge in [-0.05, 0) is 97.1 Å². The van der Waals surface area contributed by atoms with E-state index in [1.165, 1.54) is 32.5 Å². The van der Waals surface area contributed by atoms with Crippen molar-refractivity contribution in [1.82, 2.24) is 34.7 Å². The molecule has 4 aliphatic heterocycles. The number of carbonyl (C=O) groups is 3. The number of hydrogen-bond acceptors (Lipinski definition) is 8. The highest BCUT2D eigenvalue weighted by Gasteiger charge is 2.26. The zero-order valence-corrected chi connectivity index (χ0v) is 31.1. The van der Waals surface area contributed by atoms with Crippen LogP contribution in [-0.4, -0.2) is 173 Å². The second kappa shape index (κ2) is 24.4. The first kappa shape index (κ1) is 41.4. The van der Waals surface area contributed by atoms with Crippen molar-refractivity contribution < 1.29 is 19.1 Å². The molecule has 4 saturated heterocycles. The predicted octanol–water partition coefficient (Wildman–Crippen LogP) is 2.70. The number of piperidine rings is 2. The molecule has 0 aromatic heterocycles. The van der Waals surface area contributed by atoms with Crippen LogP contribution >= 0.6 is 0 Å². The molecule has 0 aromatic carbocycles. The Labute approximate surface area is 287 Å². The Morgan fingerprint density at radius 3 is 1.77 bits per heavy atom. The third kappa shape index (κ3) is 17.4. The molecule has 4 fully saturated rings. The Kier molecular flexibility index (Phi) is 21.4. The molecule has 0 saturated carbocycles. The van der Waals surface area contributed by atoms with Crippen LogP contribution in [0.5, 0.6) is 0 Å². The predicted molar refractivity (Wildman–Crippen MR) is 191 cm³/mol. The molecule has 1 N–H and O–H groups in total. The number of unbranched alkanes of at least 4 members (excludes halogenated alkanes) is 2. The van der Waals surface area contributed by atoms with E-state index < -0.39 is 0 Å². The van der Waals surface area contributed by atoms with Crippen LogP contribution in [0.1, 0.15) is 78.6 Å². The summed E-state index contributed by atoms with van der Waals surface area (Å²) in [5.41, 5.74) is 0. The van der Waals surface area contributed by atoms with Crippen LogP contribution in [0.2, 0.25) is 0 Å². The molecule has 3 amide bonds. The van der Waals surface area contributed by atoms with Gasteiger partial charge in [0.25, 0.3) is 0 Å². The molecule has 47 heavy (non-hydrogen) atoms. The highest BCUT2D eigenvalue weighted by molar-refractivity contribution is 5.76. The van der Waals surface area contributed by atoms with E-state index in [1.54, 1.807) is 14.0 Å². The molecular weight excluding hydrogens is 594 g/mol. The molecule has 274 valence electrons. The van der Waals surface area contributed by atoms with Crippen LogP contribution in [0.25, 0.3) is 0 Å². The number of carbonyl (C=O) groups excluding carboxylic acids is 3. The molecule has 0 bridgehead atoms. The van der Waals surface area contributed by atoms with Gasteiger partial charge >= 0.3 is 0 Å². The molecule has 11 heteroatoms. The average molecular weight is 666 g/mol. The highest BCUT2D eigenvalue weighted by Crippen LogP contribution is 2.20. The fourth-order valence-electron chi connectivity index (χ4n) is 6.86. The summed E-state index contributed by atoms with van der Waals surface area (Å²) in [5.74, 6) is 2.11. The molecule has 0 unspecified atom stereocenters. The van der Waals surface area contributed by atoms with Gasteiger partial charge in [0.1, 0.15) is 0 Å². The summed E-state index contributed by atoms with van der Waals surface area (Å²) in [7, 11) is 6.09. The minimum absolute atomic E-state index is 0.156. The molecule has 4 heterocycles. The number of piperazine rings is 2. The van der Waals surface area contributed by atoms with Crippen molar-refractivity contribution in [1.29, 1.82) is 0 Å². The molecular formula is C36H71N7O4. The molecule has 0 atom stereocenters. The quantitative estimate of drug-likeness (QED) is 0.301. The third-order valence-corrected chi connectivity index (χ3v) is 10.2. The van der Waals surface area contributed by atoms with Gasteiger partial charge in [-0.3, -0.25) is 24.2 Å². The SMILES string of the molecule is CC.CC(=O)N1CCN(CCC(=O)N2CCN(CC3CCN(C)CC3)CC2)CC1.COCCCCCNC(=O)CC1CCN(C)CC1. The molecule has 0 aliphatic carbocycles. The second-order valence-electron chi connectivity index (χ2n) is 13.9. The van der Waals surface area contributed by atoms with E-state index in [4.69, 9.17) is 4.74 Å². The van der Waals surface area contributed by atoms with Gasteiger partial charge in [0.15, 0.2) is 0 Å². The normalized spacial score (nSPS) is 21.0. The Hall–Kier alpha value is -1.79. The average Bonchev–Trinajstić information content (AvgIpc) is 3.09. The number of rotatable bonds is 13. The molecule has 4 aliphatic rings. The topological polar surface area (TPSA) is 91.9 Å². The van der Waals surface area contributed by atoms with E-state index in [2.05, 4.69) is 43.9 Å². The summed E-state index contributed by atoms with van der Waals surface area (Å²) >= 11 is 0. The van der Waals surface area contributed by atoms with Gasteiger partial charge in [0.05, 0.1) is 0 Å². The van der Waals surface area contributed by atoms with Crippen LogP contribution in [0.3, 0.4) is 0 Å². The van der Waals surface area contributed by atoms with Gasteiger partial charge in [-0.1, -0.05) is 13.8 Å².